The summed E-state index contributed by atoms with van der Waals surface area (Å²) < 4.78 is 5.03. The topological polar surface area (TPSA) is 21.3 Å². The van der Waals surface area contributed by atoms with E-state index in [0.29, 0.717) is 0 Å². The SMILES string of the molecule is C=C(NC)C(=C)C(C)OC. The summed E-state index contributed by atoms with van der Waals surface area (Å²) in [7, 11) is 3.47. The Balaban J connectivity index is 3.95. The normalized spacial score (nSPS) is 12.3. The first kappa shape index (κ1) is 9.24. The van der Waals surface area contributed by atoms with Gasteiger partial charge in [0.1, 0.15) is 0 Å². The third-order valence-electron chi connectivity index (χ3n) is 1.53. The summed E-state index contributed by atoms with van der Waals surface area (Å²) in [5.41, 5.74) is 1.72. The van der Waals surface area contributed by atoms with E-state index in [0.717, 1.165) is 11.3 Å². The number of hydrogen-bond donors (Lipinski definition) is 1. The van der Waals surface area contributed by atoms with Gasteiger partial charge >= 0.3 is 0 Å². The average molecular weight is 141 g/mol. The van der Waals surface area contributed by atoms with Gasteiger partial charge in [0.25, 0.3) is 0 Å². The Morgan fingerprint density at radius 1 is 1.50 bits per heavy atom. The summed E-state index contributed by atoms with van der Waals surface area (Å²) in [4.78, 5) is 0. The van der Waals surface area contributed by atoms with Gasteiger partial charge in [-0.3, -0.25) is 0 Å². The molecule has 0 amide bonds. The molecule has 1 N–H and O–H groups in total. The Bertz CT molecular complexity index is 140. The highest BCUT2D eigenvalue weighted by atomic mass is 16.5. The van der Waals surface area contributed by atoms with E-state index in [4.69, 9.17) is 4.74 Å². The zero-order chi connectivity index (χ0) is 8.15. The van der Waals surface area contributed by atoms with E-state index >= 15 is 0 Å². The minimum absolute atomic E-state index is 0.0416. The predicted octanol–water partition coefficient (Wildman–Crippen LogP) is 1.31. The van der Waals surface area contributed by atoms with Crippen LogP contribution in [0.25, 0.3) is 0 Å². The van der Waals surface area contributed by atoms with E-state index in [1.165, 1.54) is 0 Å². The maximum Gasteiger partial charge on any atom is 0.0806 e. The van der Waals surface area contributed by atoms with Gasteiger partial charge in [0.2, 0.25) is 0 Å². The van der Waals surface area contributed by atoms with Crippen molar-refractivity contribution in [1.29, 1.82) is 0 Å². The van der Waals surface area contributed by atoms with E-state index < -0.39 is 0 Å². The molecule has 0 saturated heterocycles. The van der Waals surface area contributed by atoms with Crippen molar-refractivity contribution in [3.05, 3.63) is 24.4 Å². The highest BCUT2D eigenvalue weighted by Gasteiger charge is 2.05. The first-order valence-corrected chi connectivity index (χ1v) is 3.22. The van der Waals surface area contributed by atoms with Gasteiger partial charge in [-0.05, 0) is 12.5 Å². The summed E-state index contributed by atoms with van der Waals surface area (Å²) in [6, 6.07) is 0. The summed E-state index contributed by atoms with van der Waals surface area (Å²) in [6.45, 7) is 9.50. The van der Waals surface area contributed by atoms with Gasteiger partial charge in [-0.1, -0.05) is 13.2 Å². The molecule has 1 unspecified atom stereocenters. The Kier molecular flexibility index (Phi) is 3.81. The number of nitrogens with one attached hydrogen (secondary N) is 1. The summed E-state index contributed by atoms with van der Waals surface area (Å²) in [5.74, 6) is 0. The van der Waals surface area contributed by atoms with Gasteiger partial charge in [0.05, 0.1) is 6.10 Å². The van der Waals surface area contributed by atoms with Crippen molar-refractivity contribution in [2.45, 2.75) is 13.0 Å². The maximum absolute atomic E-state index is 5.03. The lowest BCUT2D eigenvalue weighted by molar-refractivity contribution is 0.148. The van der Waals surface area contributed by atoms with Crippen LogP contribution in [0.2, 0.25) is 0 Å². The first-order chi connectivity index (χ1) is 4.63. The Labute approximate surface area is 62.6 Å². The second-order valence-corrected chi connectivity index (χ2v) is 2.13. The van der Waals surface area contributed by atoms with E-state index in [2.05, 4.69) is 18.5 Å². The van der Waals surface area contributed by atoms with Crippen LogP contribution < -0.4 is 5.32 Å². The molecule has 1 atom stereocenters. The second-order valence-electron chi connectivity index (χ2n) is 2.13. The van der Waals surface area contributed by atoms with Gasteiger partial charge in [-0.15, -0.1) is 0 Å². The number of ether oxygens (including phenoxy) is 1. The quantitative estimate of drug-likeness (QED) is 0.596. The molecule has 0 aliphatic carbocycles. The summed E-state index contributed by atoms with van der Waals surface area (Å²) in [5, 5.41) is 2.91. The van der Waals surface area contributed by atoms with Gasteiger partial charge < -0.3 is 10.1 Å². The smallest absolute Gasteiger partial charge is 0.0806 e. The molecular weight excluding hydrogens is 126 g/mol. The molecule has 0 aromatic carbocycles. The number of hydrogen-bond acceptors (Lipinski definition) is 2. The van der Waals surface area contributed by atoms with Crippen molar-refractivity contribution in [1.82, 2.24) is 5.32 Å². The molecule has 2 heteroatoms. The van der Waals surface area contributed by atoms with Crippen molar-refractivity contribution in [3.8, 4) is 0 Å². The minimum Gasteiger partial charge on any atom is -0.388 e. The molecule has 0 aromatic rings. The molecule has 10 heavy (non-hydrogen) atoms. The fourth-order valence-corrected chi connectivity index (χ4v) is 0.548. The van der Waals surface area contributed by atoms with E-state index in [1.54, 1.807) is 7.11 Å². The molecule has 0 radical (unpaired) electrons. The number of rotatable bonds is 4. The molecule has 0 rings (SSSR count). The van der Waals surface area contributed by atoms with E-state index in [1.807, 2.05) is 14.0 Å². The predicted molar refractivity (Wildman–Crippen MR) is 43.8 cm³/mol. The largest absolute Gasteiger partial charge is 0.388 e. The standard InChI is InChI=1S/C8H15NO/c1-6(7(2)9-4)8(3)10-5/h8-9H,1-2H2,3-5H3. The van der Waals surface area contributed by atoms with Crippen molar-refractivity contribution in [2.75, 3.05) is 14.2 Å². The van der Waals surface area contributed by atoms with Crippen LogP contribution >= 0.6 is 0 Å². The van der Waals surface area contributed by atoms with Gasteiger partial charge in [0, 0.05) is 19.9 Å². The Hall–Kier alpha value is -0.760. The third kappa shape index (κ3) is 2.23. The van der Waals surface area contributed by atoms with E-state index in [-0.39, 0.29) is 6.10 Å². The summed E-state index contributed by atoms with van der Waals surface area (Å²) in [6.07, 6.45) is 0.0416. The van der Waals surface area contributed by atoms with Crippen molar-refractivity contribution in [3.63, 3.8) is 0 Å². The Morgan fingerprint density at radius 2 is 2.00 bits per heavy atom. The van der Waals surface area contributed by atoms with Gasteiger partial charge in [0.15, 0.2) is 0 Å². The van der Waals surface area contributed by atoms with Crippen LogP contribution in [0, 0.1) is 0 Å². The molecule has 0 spiro atoms. The van der Waals surface area contributed by atoms with Crippen LogP contribution in [0.4, 0.5) is 0 Å². The maximum atomic E-state index is 5.03. The van der Waals surface area contributed by atoms with Crippen molar-refractivity contribution < 1.29 is 4.74 Å². The second kappa shape index (κ2) is 4.12. The zero-order valence-electron chi connectivity index (χ0n) is 6.90. The fourth-order valence-electron chi connectivity index (χ4n) is 0.548. The van der Waals surface area contributed by atoms with Gasteiger partial charge in [-0.2, -0.15) is 0 Å². The van der Waals surface area contributed by atoms with Crippen LogP contribution in [-0.4, -0.2) is 20.3 Å². The van der Waals surface area contributed by atoms with Crippen LogP contribution in [0.1, 0.15) is 6.92 Å². The van der Waals surface area contributed by atoms with Crippen LogP contribution in [0.3, 0.4) is 0 Å². The highest BCUT2D eigenvalue weighted by Crippen LogP contribution is 2.08. The van der Waals surface area contributed by atoms with Crippen LogP contribution in [0.5, 0.6) is 0 Å². The summed E-state index contributed by atoms with van der Waals surface area (Å²) >= 11 is 0. The first-order valence-electron chi connectivity index (χ1n) is 3.22. The number of methoxy groups -OCH3 is 1. The molecule has 58 valence electrons. The average Bonchev–Trinajstić information content (AvgIpc) is 2.00. The molecule has 0 heterocycles. The molecule has 0 bridgehead atoms. The monoisotopic (exact) mass is 141 g/mol. The molecule has 0 aliphatic rings. The van der Waals surface area contributed by atoms with Crippen molar-refractivity contribution >= 4 is 0 Å². The van der Waals surface area contributed by atoms with Gasteiger partial charge in [-0.25, -0.2) is 0 Å². The zero-order valence-corrected chi connectivity index (χ0v) is 6.90. The van der Waals surface area contributed by atoms with Crippen LogP contribution in [-0.2, 0) is 4.74 Å². The van der Waals surface area contributed by atoms with E-state index in [9.17, 15) is 0 Å². The molecular formula is C8H15NO. The molecule has 0 aliphatic heterocycles. The minimum atomic E-state index is 0.0416. The Morgan fingerprint density at radius 3 is 2.30 bits per heavy atom. The van der Waals surface area contributed by atoms with Crippen LogP contribution in [0.15, 0.2) is 24.4 Å². The molecule has 0 aromatic heterocycles. The molecule has 0 saturated carbocycles. The van der Waals surface area contributed by atoms with Crippen molar-refractivity contribution in [2.24, 2.45) is 0 Å². The lowest BCUT2D eigenvalue weighted by Crippen LogP contribution is -2.16. The molecule has 0 fully saturated rings. The molecule has 2 nitrogen and oxygen atoms in total. The lowest BCUT2D eigenvalue weighted by Gasteiger charge is -2.14. The lowest BCUT2D eigenvalue weighted by atomic mass is 10.1. The fraction of sp³-hybridized carbons (Fsp3) is 0.500. The number of likely N-dealkylation sites (N-methyl/N-ethyl adjacent to an activating group) is 1. The third-order valence-corrected chi connectivity index (χ3v) is 1.53. The highest BCUT2D eigenvalue weighted by molar-refractivity contribution is 5.26.